The molecule has 0 fully saturated rings. The molecule has 0 bridgehead atoms. The lowest BCUT2D eigenvalue weighted by molar-refractivity contribution is -0.137. The highest BCUT2D eigenvalue weighted by molar-refractivity contribution is 7.89. The Morgan fingerprint density at radius 2 is 1.81 bits per heavy atom. The zero-order valence-corrected chi connectivity index (χ0v) is 15.3. The highest BCUT2D eigenvalue weighted by Crippen LogP contribution is 2.33. The van der Waals surface area contributed by atoms with E-state index in [1.54, 1.807) is 31.2 Å². The van der Waals surface area contributed by atoms with Crippen LogP contribution in [0.4, 0.5) is 13.2 Å². The number of ether oxygens (including phenoxy) is 2. The fourth-order valence-corrected chi connectivity index (χ4v) is 4.29. The van der Waals surface area contributed by atoms with Gasteiger partial charge in [0.15, 0.2) is 11.5 Å². The average molecular weight is 401 g/mol. The van der Waals surface area contributed by atoms with E-state index in [2.05, 4.69) is 0 Å². The molecule has 0 spiro atoms. The lowest BCUT2D eigenvalue weighted by atomic mass is 10.2. The van der Waals surface area contributed by atoms with Crippen molar-refractivity contribution >= 4 is 10.0 Å². The zero-order valence-electron chi connectivity index (χ0n) is 14.4. The fraction of sp³-hybridized carbons (Fsp3) is 0.333. The number of para-hydroxylation sites is 2. The van der Waals surface area contributed by atoms with E-state index in [0.29, 0.717) is 17.6 Å². The minimum Gasteiger partial charge on any atom is -0.486 e. The van der Waals surface area contributed by atoms with E-state index >= 15 is 0 Å². The van der Waals surface area contributed by atoms with Crippen molar-refractivity contribution in [3.05, 3.63) is 54.1 Å². The number of hydrogen-bond acceptors (Lipinski definition) is 4. The number of hydrogen-bond donors (Lipinski definition) is 0. The maximum Gasteiger partial charge on any atom is 0.416 e. The monoisotopic (exact) mass is 401 g/mol. The Morgan fingerprint density at radius 3 is 2.48 bits per heavy atom. The number of fused-ring (bicyclic) bond motifs is 1. The summed E-state index contributed by atoms with van der Waals surface area (Å²) in [5, 5.41) is 0. The molecule has 0 amide bonds. The standard InChI is InChI=1S/C18H18F3NO4S/c1-2-22(11-14-12-25-16-8-3-4-9-17(16)26-14)27(23,24)15-7-5-6-13(10-15)18(19,20)21/h3-10,14H,2,11-12H2,1H3. The summed E-state index contributed by atoms with van der Waals surface area (Å²) in [6.07, 6.45) is -5.19. The minimum absolute atomic E-state index is 0.0383. The van der Waals surface area contributed by atoms with Gasteiger partial charge in [-0.2, -0.15) is 17.5 Å². The third-order valence-electron chi connectivity index (χ3n) is 4.13. The Kier molecular flexibility index (Phi) is 5.34. The van der Waals surface area contributed by atoms with Crippen LogP contribution in [0.25, 0.3) is 0 Å². The summed E-state index contributed by atoms with van der Waals surface area (Å²) in [6, 6.07) is 10.7. The molecule has 1 aliphatic heterocycles. The molecule has 0 aliphatic carbocycles. The van der Waals surface area contributed by atoms with Gasteiger partial charge in [0.25, 0.3) is 0 Å². The van der Waals surface area contributed by atoms with Crippen molar-refractivity contribution in [3.8, 4) is 11.5 Å². The van der Waals surface area contributed by atoms with Crippen LogP contribution in [0.3, 0.4) is 0 Å². The van der Waals surface area contributed by atoms with Crippen LogP contribution >= 0.6 is 0 Å². The first-order chi connectivity index (χ1) is 12.7. The van der Waals surface area contributed by atoms with Crippen LogP contribution in [0.2, 0.25) is 0 Å². The Hall–Kier alpha value is -2.26. The molecule has 1 aliphatic rings. The Labute approximate surface area is 155 Å². The maximum atomic E-state index is 12.9. The van der Waals surface area contributed by atoms with Gasteiger partial charge in [-0.25, -0.2) is 8.42 Å². The van der Waals surface area contributed by atoms with E-state index in [1.807, 2.05) is 0 Å². The molecule has 2 aromatic carbocycles. The van der Waals surface area contributed by atoms with E-state index in [-0.39, 0.29) is 19.7 Å². The van der Waals surface area contributed by atoms with Gasteiger partial charge in [0.2, 0.25) is 10.0 Å². The summed E-state index contributed by atoms with van der Waals surface area (Å²) in [7, 11) is -4.11. The van der Waals surface area contributed by atoms with Gasteiger partial charge < -0.3 is 9.47 Å². The summed E-state index contributed by atoms with van der Waals surface area (Å²) < 4.78 is 76.8. The molecule has 0 aromatic heterocycles. The number of nitrogens with zero attached hydrogens (tertiary/aromatic N) is 1. The predicted octanol–water partition coefficient (Wildman–Crippen LogP) is 3.56. The number of halogens is 3. The smallest absolute Gasteiger partial charge is 0.416 e. The van der Waals surface area contributed by atoms with Gasteiger partial charge in [0, 0.05) is 6.54 Å². The minimum atomic E-state index is -4.62. The second kappa shape index (κ2) is 7.40. The molecule has 27 heavy (non-hydrogen) atoms. The molecule has 3 rings (SSSR count). The molecule has 0 N–H and O–H groups in total. The molecular formula is C18H18F3NO4S. The predicted molar refractivity (Wildman–Crippen MR) is 92.2 cm³/mol. The number of benzene rings is 2. The van der Waals surface area contributed by atoms with Crippen LogP contribution in [0.5, 0.6) is 11.5 Å². The van der Waals surface area contributed by atoms with Crippen LogP contribution in [-0.2, 0) is 16.2 Å². The van der Waals surface area contributed by atoms with Crippen molar-refractivity contribution in [2.75, 3.05) is 19.7 Å². The lowest BCUT2D eigenvalue weighted by Gasteiger charge is -2.30. The summed E-state index contributed by atoms with van der Waals surface area (Å²) in [5.41, 5.74) is -1.01. The Morgan fingerprint density at radius 1 is 1.11 bits per heavy atom. The highest BCUT2D eigenvalue weighted by atomic mass is 32.2. The molecule has 9 heteroatoms. The van der Waals surface area contributed by atoms with Crippen molar-refractivity contribution in [2.24, 2.45) is 0 Å². The molecule has 0 radical (unpaired) electrons. The van der Waals surface area contributed by atoms with Gasteiger partial charge >= 0.3 is 6.18 Å². The van der Waals surface area contributed by atoms with Gasteiger partial charge in [-0.05, 0) is 30.3 Å². The largest absolute Gasteiger partial charge is 0.486 e. The van der Waals surface area contributed by atoms with E-state index < -0.39 is 32.8 Å². The molecule has 2 aromatic rings. The topological polar surface area (TPSA) is 55.8 Å². The first kappa shape index (κ1) is 19.5. The van der Waals surface area contributed by atoms with Gasteiger partial charge in [-0.1, -0.05) is 25.1 Å². The van der Waals surface area contributed by atoms with Crippen molar-refractivity contribution in [1.82, 2.24) is 4.31 Å². The second-order valence-electron chi connectivity index (χ2n) is 5.98. The SMILES string of the molecule is CCN(CC1COc2ccccc2O1)S(=O)(=O)c1cccc(C(F)(F)F)c1. The lowest BCUT2D eigenvalue weighted by Crippen LogP contribution is -2.43. The van der Waals surface area contributed by atoms with Crippen LogP contribution in [0, 0.1) is 0 Å². The Balaban J connectivity index is 1.81. The molecule has 5 nitrogen and oxygen atoms in total. The number of sulfonamides is 1. The molecule has 146 valence electrons. The van der Waals surface area contributed by atoms with Crippen molar-refractivity contribution in [2.45, 2.75) is 24.1 Å². The van der Waals surface area contributed by atoms with Crippen LogP contribution in [0.15, 0.2) is 53.4 Å². The van der Waals surface area contributed by atoms with E-state index in [9.17, 15) is 21.6 Å². The van der Waals surface area contributed by atoms with Gasteiger partial charge in [-0.15, -0.1) is 0 Å². The van der Waals surface area contributed by atoms with Gasteiger partial charge in [0.05, 0.1) is 17.0 Å². The third kappa shape index (κ3) is 4.19. The van der Waals surface area contributed by atoms with Crippen molar-refractivity contribution in [1.29, 1.82) is 0 Å². The molecular weight excluding hydrogens is 383 g/mol. The van der Waals surface area contributed by atoms with Crippen LogP contribution in [0.1, 0.15) is 12.5 Å². The quantitative estimate of drug-likeness (QED) is 0.769. The third-order valence-corrected chi connectivity index (χ3v) is 6.06. The fourth-order valence-electron chi connectivity index (χ4n) is 2.76. The zero-order chi connectivity index (χ0) is 19.7. The molecule has 1 atom stereocenters. The maximum absolute atomic E-state index is 12.9. The normalized spacial score (nSPS) is 17.1. The molecule has 0 saturated carbocycles. The molecule has 1 unspecified atom stereocenters. The van der Waals surface area contributed by atoms with Gasteiger partial charge in [-0.3, -0.25) is 0 Å². The average Bonchev–Trinajstić information content (AvgIpc) is 2.65. The van der Waals surface area contributed by atoms with Crippen LogP contribution < -0.4 is 9.47 Å². The summed E-state index contributed by atoms with van der Waals surface area (Å²) in [6.45, 7) is 1.80. The van der Waals surface area contributed by atoms with Crippen LogP contribution in [-0.4, -0.2) is 38.5 Å². The Bertz CT molecular complexity index is 915. The van der Waals surface area contributed by atoms with E-state index in [4.69, 9.17) is 9.47 Å². The molecule has 0 saturated heterocycles. The number of alkyl halides is 3. The summed E-state index contributed by atoms with van der Waals surface area (Å²) in [4.78, 5) is -0.406. The van der Waals surface area contributed by atoms with Gasteiger partial charge in [0.1, 0.15) is 12.7 Å². The van der Waals surface area contributed by atoms with E-state index in [0.717, 1.165) is 22.5 Å². The van der Waals surface area contributed by atoms with Crippen molar-refractivity contribution in [3.63, 3.8) is 0 Å². The first-order valence-corrected chi connectivity index (χ1v) is 9.71. The number of likely N-dealkylation sites (N-methyl/N-ethyl adjacent to an activating group) is 1. The number of rotatable bonds is 5. The second-order valence-corrected chi connectivity index (χ2v) is 7.92. The van der Waals surface area contributed by atoms with E-state index in [1.165, 1.54) is 0 Å². The van der Waals surface area contributed by atoms with Crippen molar-refractivity contribution < 1.29 is 31.1 Å². The summed E-state index contributed by atoms with van der Waals surface area (Å²) >= 11 is 0. The molecule has 1 heterocycles. The summed E-state index contributed by atoms with van der Waals surface area (Å²) in [5.74, 6) is 1.07. The first-order valence-electron chi connectivity index (χ1n) is 8.27. The highest BCUT2D eigenvalue weighted by Gasteiger charge is 2.34.